The molecule has 0 aliphatic carbocycles. The van der Waals surface area contributed by atoms with E-state index in [0.717, 1.165) is 17.1 Å². The van der Waals surface area contributed by atoms with E-state index in [0.29, 0.717) is 12.3 Å². The van der Waals surface area contributed by atoms with Crippen molar-refractivity contribution in [3.8, 4) is 0 Å². The highest BCUT2D eigenvalue weighted by molar-refractivity contribution is 8.00. The number of imide groups is 1. The molecule has 5 nitrogen and oxygen atoms in total. The fraction of sp³-hybridized carbons (Fsp3) is 0.545. The number of carbonyl (C=O) groups excluding carboxylic acids is 2. The van der Waals surface area contributed by atoms with E-state index in [9.17, 15) is 9.59 Å². The standard InChI is InChI=1S/C11H17N3O2S/c1-3-14-10(15)7-8(11(14)16)17-6-4-5-9(12)13-2/h3,8H,1,4-7H2,2H3,(H2,12,13). The van der Waals surface area contributed by atoms with Crippen LogP contribution in [0.15, 0.2) is 12.8 Å². The van der Waals surface area contributed by atoms with Crippen molar-refractivity contribution >= 4 is 29.4 Å². The molecule has 0 radical (unpaired) electrons. The minimum atomic E-state index is -0.274. The monoisotopic (exact) mass is 255 g/mol. The van der Waals surface area contributed by atoms with E-state index in [1.165, 1.54) is 18.0 Å². The van der Waals surface area contributed by atoms with Gasteiger partial charge in [0.2, 0.25) is 11.8 Å². The van der Waals surface area contributed by atoms with Crippen LogP contribution in [0, 0.1) is 5.41 Å². The Balaban J connectivity index is 2.29. The van der Waals surface area contributed by atoms with Gasteiger partial charge in [-0.3, -0.25) is 19.9 Å². The second kappa shape index (κ2) is 6.44. The molecule has 1 aliphatic rings. The molecule has 0 aromatic carbocycles. The Kier molecular flexibility index (Phi) is 5.21. The van der Waals surface area contributed by atoms with Gasteiger partial charge in [0.1, 0.15) is 0 Å². The number of thioether (sulfide) groups is 1. The molecule has 1 heterocycles. The fourth-order valence-electron chi connectivity index (χ4n) is 1.54. The molecule has 94 valence electrons. The number of amidine groups is 1. The van der Waals surface area contributed by atoms with Crippen LogP contribution in [0.1, 0.15) is 19.3 Å². The smallest absolute Gasteiger partial charge is 0.246 e. The molecule has 17 heavy (non-hydrogen) atoms. The lowest BCUT2D eigenvalue weighted by Crippen LogP contribution is -2.25. The highest BCUT2D eigenvalue weighted by atomic mass is 32.2. The van der Waals surface area contributed by atoms with Gasteiger partial charge in [-0.05, 0) is 12.2 Å². The molecule has 1 fully saturated rings. The lowest BCUT2D eigenvalue weighted by atomic mass is 10.3. The second-order valence-electron chi connectivity index (χ2n) is 3.68. The average molecular weight is 255 g/mol. The van der Waals surface area contributed by atoms with E-state index in [2.05, 4.69) is 11.9 Å². The Morgan fingerprint density at radius 1 is 1.71 bits per heavy atom. The maximum Gasteiger partial charge on any atom is 0.246 e. The van der Waals surface area contributed by atoms with Crippen LogP contribution < -0.4 is 5.32 Å². The predicted molar refractivity (Wildman–Crippen MR) is 68.9 cm³/mol. The summed E-state index contributed by atoms with van der Waals surface area (Å²) < 4.78 is 0. The maximum absolute atomic E-state index is 11.7. The topological polar surface area (TPSA) is 73.3 Å². The van der Waals surface area contributed by atoms with Gasteiger partial charge in [0.15, 0.2) is 0 Å². The number of amides is 2. The van der Waals surface area contributed by atoms with E-state index in [-0.39, 0.29) is 23.5 Å². The zero-order valence-corrected chi connectivity index (χ0v) is 10.7. The molecule has 0 aromatic heterocycles. The Labute approximate surface area is 105 Å². The van der Waals surface area contributed by atoms with Crippen LogP contribution in [0.2, 0.25) is 0 Å². The summed E-state index contributed by atoms with van der Waals surface area (Å²) in [6, 6.07) is 0. The zero-order valence-electron chi connectivity index (χ0n) is 9.86. The minimum absolute atomic E-state index is 0.168. The summed E-state index contributed by atoms with van der Waals surface area (Å²) in [5.74, 6) is 0.926. The van der Waals surface area contributed by atoms with Gasteiger partial charge < -0.3 is 5.32 Å². The van der Waals surface area contributed by atoms with E-state index in [1.807, 2.05) is 0 Å². The fourth-order valence-corrected chi connectivity index (χ4v) is 2.66. The number of nitrogens with zero attached hydrogens (tertiary/aromatic N) is 1. The Bertz CT molecular complexity index is 344. The molecule has 0 saturated carbocycles. The normalized spacial score (nSPS) is 19.6. The molecular formula is C11H17N3O2S. The molecular weight excluding hydrogens is 238 g/mol. The first-order valence-electron chi connectivity index (χ1n) is 5.45. The number of hydrogen-bond acceptors (Lipinski definition) is 4. The molecule has 6 heteroatoms. The van der Waals surface area contributed by atoms with Gasteiger partial charge in [-0.1, -0.05) is 6.58 Å². The number of rotatable bonds is 6. The van der Waals surface area contributed by atoms with Gasteiger partial charge in [0.05, 0.1) is 11.1 Å². The highest BCUT2D eigenvalue weighted by Crippen LogP contribution is 2.25. The van der Waals surface area contributed by atoms with Crippen molar-refractivity contribution in [2.75, 3.05) is 12.8 Å². The summed E-state index contributed by atoms with van der Waals surface area (Å²) in [6.07, 6.45) is 3.04. The lowest BCUT2D eigenvalue weighted by molar-refractivity contribution is -0.134. The Morgan fingerprint density at radius 2 is 2.41 bits per heavy atom. The Morgan fingerprint density at radius 3 is 2.94 bits per heavy atom. The first kappa shape index (κ1) is 13.8. The highest BCUT2D eigenvalue weighted by Gasteiger charge is 2.37. The van der Waals surface area contributed by atoms with Crippen LogP contribution in [0.3, 0.4) is 0 Å². The molecule has 0 spiro atoms. The molecule has 0 aromatic rings. The number of carbonyl (C=O) groups is 2. The molecule has 1 atom stereocenters. The van der Waals surface area contributed by atoms with Gasteiger partial charge >= 0.3 is 0 Å². The average Bonchev–Trinajstić information content (AvgIpc) is 2.59. The first-order chi connectivity index (χ1) is 8.10. The van der Waals surface area contributed by atoms with Gasteiger partial charge in [0, 0.05) is 26.1 Å². The van der Waals surface area contributed by atoms with Crippen molar-refractivity contribution in [2.45, 2.75) is 24.5 Å². The van der Waals surface area contributed by atoms with E-state index in [1.54, 1.807) is 7.05 Å². The number of likely N-dealkylation sites (tertiary alicyclic amines) is 1. The van der Waals surface area contributed by atoms with Crippen LogP contribution in [0.5, 0.6) is 0 Å². The summed E-state index contributed by atoms with van der Waals surface area (Å²) in [7, 11) is 1.72. The van der Waals surface area contributed by atoms with Crippen LogP contribution in [0.4, 0.5) is 0 Å². The van der Waals surface area contributed by atoms with Crippen molar-refractivity contribution in [3.63, 3.8) is 0 Å². The van der Waals surface area contributed by atoms with E-state index in [4.69, 9.17) is 5.41 Å². The zero-order chi connectivity index (χ0) is 12.8. The van der Waals surface area contributed by atoms with Crippen molar-refractivity contribution in [3.05, 3.63) is 12.8 Å². The molecule has 2 amide bonds. The summed E-state index contributed by atoms with van der Waals surface area (Å²) >= 11 is 1.48. The van der Waals surface area contributed by atoms with Crippen LogP contribution in [-0.2, 0) is 9.59 Å². The van der Waals surface area contributed by atoms with Gasteiger partial charge in [0.25, 0.3) is 0 Å². The van der Waals surface area contributed by atoms with Gasteiger partial charge in [-0.15, -0.1) is 11.8 Å². The summed E-state index contributed by atoms with van der Waals surface area (Å²) in [4.78, 5) is 24.2. The van der Waals surface area contributed by atoms with Gasteiger partial charge in [-0.2, -0.15) is 0 Å². The third kappa shape index (κ3) is 3.59. The van der Waals surface area contributed by atoms with Crippen molar-refractivity contribution in [2.24, 2.45) is 0 Å². The third-order valence-electron chi connectivity index (χ3n) is 2.52. The summed E-state index contributed by atoms with van der Waals surface area (Å²) in [6.45, 7) is 3.45. The van der Waals surface area contributed by atoms with Crippen molar-refractivity contribution < 1.29 is 9.59 Å². The first-order valence-corrected chi connectivity index (χ1v) is 6.50. The maximum atomic E-state index is 11.7. The predicted octanol–water partition coefficient (Wildman–Crippen LogP) is 0.967. The van der Waals surface area contributed by atoms with Crippen LogP contribution in [0.25, 0.3) is 0 Å². The minimum Gasteiger partial charge on any atom is -0.377 e. The van der Waals surface area contributed by atoms with E-state index < -0.39 is 0 Å². The largest absolute Gasteiger partial charge is 0.377 e. The quantitative estimate of drug-likeness (QED) is 0.321. The van der Waals surface area contributed by atoms with Crippen molar-refractivity contribution in [1.29, 1.82) is 5.41 Å². The summed E-state index contributed by atoms with van der Waals surface area (Å²) in [5, 5.41) is 9.88. The van der Waals surface area contributed by atoms with Gasteiger partial charge in [-0.25, -0.2) is 0 Å². The molecule has 1 aliphatic heterocycles. The van der Waals surface area contributed by atoms with E-state index >= 15 is 0 Å². The second-order valence-corrected chi connectivity index (χ2v) is 4.99. The lowest BCUT2D eigenvalue weighted by Gasteiger charge is -2.09. The molecule has 1 rings (SSSR count). The molecule has 2 N–H and O–H groups in total. The number of hydrogen-bond donors (Lipinski definition) is 2. The molecule has 0 bridgehead atoms. The molecule has 1 unspecified atom stereocenters. The van der Waals surface area contributed by atoms with Crippen molar-refractivity contribution in [1.82, 2.24) is 10.2 Å². The number of nitrogens with one attached hydrogen (secondary N) is 2. The molecule has 1 saturated heterocycles. The third-order valence-corrected chi connectivity index (χ3v) is 3.81. The van der Waals surface area contributed by atoms with Crippen LogP contribution >= 0.6 is 11.8 Å². The SMILES string of the molecule is C=CN1C(=O)CC(SCCCC(=N)NC)C1=O. The van der Waals surface area contributed by atoms with Crippen LogP contribution in [-0.4, -0.2) is 40.6 Å². The summed E-state index contributed by atoms with van der Waals surface area (Å²) in [5.41, 5.74) is 0. The Hall–Kier alpha value is -1.30.